The summed E-state index contributed by atoms with van der Waals surface area (Å²) in [4.78, 5) is 0. The third-order valence-corrected chi connectivity index (χ3v) is 4.55. The smallest absolute Gasteiger partial charge is 0.109 e. The molecule has 1 aromatic rings. The lowest BCUT2D eigenvalue weighted by atomic mass is 9.98. The Hall–Kier alpha value is -0.820. The minimum Gasteiger partial charge on any atom is -0.366 e. The number of aryl methyl sites for hydroxylation is 1. The van der Waals surface area contributed by atoms with Crippen molar-refractivity contribution < 1.29 is 4.74 Å². The van der Waals surface area contributed by atoms with Crippen molar-refractivity contribution in [3.8, 4) is 0 Å². The van der Waals surface area contributed by atoms with Crippen LogP contribution in [0.2, 0.25) is 0 Å². The molecule has 4 atom stereocenters. The lowest BCUT2D eigenvalue weighted by Gasteiger charge is -2.21. The van der Waals surface area contributed by atoms with Crippen LogP contribution in [0, 0.1) is 18.8 Å². The molecule has 1 heteroatoms. The summed E-state index contributed by atoms with van der Waals surface area (Å²) in [6, 6.07) is 6.71. The predicted octanol–water partition coefficient (Wildman–Crippen LogP) is 3.60. The molecule has 3 aliphatic rings. The predicted molar refractivity (Wildman–Crippen MR) is 63.3 cm³/mol. The van der Waals surface area contributed by atoms with Crippen LogP contribution in [0.3, 0.4) is 0 Å². The Kier molecular flexibility index (Phi) is 1.79. The molecule has 0 N–H and O–H groups in total. The standard InChI is InChI=1S/C15H18O/c1-9-2-5-13-14(6-9)15(13)16-12-4-3-10-7-11(10)8-12/h2,5-6,10-12,15H,3-4,7-8H2,1H3/t10-,11?,12?,15-/m1/s1. The Balaban J connectivity index is 1.42. The molecule has 16 heavy (non-hydrogen) atoms. The Morgan fingerprint density at radius 1 is 1.06 bits per heavy atom. The average Bonchev–Trinajstić information content (AvgIpc) is 3.15. The Morgan fingerprint density at radius 3 is 2.81 bits per heavy atom. The van der Waals surface area contributed by atoms with Crippen LogP contribution in [0.1, 0.15) is 48.5 Å². The van der Waals surface area contributed by atoms with Crippen LogP contribution in [0.15, 0.2) is 18.2 Å². The first-order chi connectivity index (χ1) is 7.81. The Bertz CT molecular complexity index is 437. The second-order valence-corrected chi connectivity index (χ2v) is 5.84. The van der Waals surface area contributed by atoms with Crippen molar-refractivity contribution in [3.63, 3.8) is 0 Å². The summed E-state index contributed by atoms with van der Waals surface area (Å²) < 4.78 is 6.22. The van der Waals surface area contributed by atoms with E-state index in [0.29, 0.717) is 12.2 Å². The molecular weight excluding hydrogens is 196 g/mol. The van der Waals surface area contributed by atoms with Gasteiger partial charge in [-0.05, 0) is 55.6 Å². The molecule has 0 aliphatic heterocycles. The molecule has 2 fully saturated rings. The van der Waals surface area contributed by atoms with Gasteiger partial charge in [0.1, 0.15) is 6.10 Å². The summed E-state index contributed by atoms with van der Waals surface area (Å²) in [7, 11) is 0. The maximum atomic E-state index is 6.22. The molecule has 0 radical (unpaired) electrons. The van der Waals surface area contributed by atoms with Crippen LogP contribution < -0.4 is 0 Å². The van der Waals surface area contributed by atoms with Gasteiger partial charge in [-0.25, -0.2) is 0 Å². The number of hydrogen-bond acceptors (Lipinski definition) is 1. The zero-order chi connectivity index (χ0) is 10.7. The second-order valence-electron chi connectivity index (χ2n) is 5.84. The molecular formula is C15H18O. The van der Waals surface area contributed by atoms with Crippen LogP contribution in [-0.4, -0.2) is 6.10 Å². The van der Waals surface area contributed by atoms with Gasteiger partial charge in [0.25, 0.3) is 0 Å². The molecule has 3 aliphatic carbocycles. The molecule has 4 rings (SSSR count). The van der Waals surface area contributed by atoms with Crippen molar-refractivity contribution in [1.82, 2.24) is 0 Å². The molecule has 1 nitrogen and oxygen atoms in total. The largest absolute Gasteiger partial charge is 0.366 e. The van der Waals surface area contributed by atoms with Crippen molar-refractivity contribution in [2.45, 2.75) is 44.8 Å². The van der Waals surface area contributed by atoms with Crippen molar-refractivity contribution in [2.75, 3.05) is 0 Å². The van der Waals surface area contributed by atoms with Gasteiger partial charge >= 0.3 is 0 Å². The maximum Gasteiger partial charge on any atom is 0.109 e. The van der Waals surface area contributed by atoms with E-state index in [9.17, 15) is 0 Å². The van der Waals surface area contributed by atoms with Gasteiger partial charge < -0.3 is 4.74 Å². The SMILES string of the molecule is Cc1ccc2c(c1)[C@@H]2OC1CC[C@@H]2CC2C1. The highest BCUT2D eigenvalue weighted by atomic mass is 16.5. The minimum atomic E-state index is 0.356. The average molecular weight is 214 g/mol. The summed E-state index contributed by atoms with van der Waals surface area (Å²) in [5.74, 6) is 2.09. The molecule has 84 valence electrons. The number of benzene rings is 1. The van der Waals surface area contributed by atoms with E-state index in [1.165, 1.54) is 42.4 Å². The number of hydrogen-bond donors (Lipinski definition) is 0. The molecule has 1 aromatic carbocycles. The van der Waals surface area contributed by atoms with E-state index in [-0.39, 0.29) is 0 Å². The highest BCUT2D eigenvalue weighted by Crippen LogP contribution is 2.53. The Morgan fingerprint density at radius 2 is 2.00 bits per heavy atom. The van der Waals surface area contributed by atoms with Gasteiger partial charge in [0.15, 0.2) is 0 Å². The number of ether oxygens (including phenoxy) is 1. The van der Waals surface area contributed by atoms with E-state index in [4.69, 9.17) is 4.74 Å². The van der Waals surface area contributed by atoms with E-state index in [0.717, 1.165) is 11.8 Å². The summed E-state index contributed by atoms with van der Waals surface area (Å²) >= 11 is 0. The van der Waals surface area contributed by atoms with E-state index in [2.05, 4.69) is 25.1 Å². The third-order valence-electron chi connectivity index (χ3n) is 4.55. The normalized spacial score (nSPS) is 38.8. The molecule has 0 amide bonds. The highest BCUT2D eigenvalue weighted by molar-refractivity contribution is 5.51. The first kappa shape index (κ1) is 9.23. The van der Waals surface area contributed by atoms with Gasteiger partial charge in [-0.2, -0.15) is 0 Å². The Labute approximate surface area is 96.8 Å². The fourth-order valence-corrected chi connectivity index (χ4v) is 3.36. The van der Waals surface area contributed by atoms with Gasteiger partial charge in [-0.3, -0.25) is 0 Å². The van der Waals surface area contributed by atoms with Crippen LogP contribution >= 0.6 is 0 Å². The highest BCUT2D eigenvalue weighted by Gasteiger charge is 2.44. The van der Waals surface area contributed by atoms with E-state index >= 15 is 0 Å². The van der Waals surface area contributed by atoms with Crippen molar-refractivity contribution >= 4 is 0 Å². The van der Waals surface area contributed by atoms with E-state index in [1.807, 2.05) is 0 Å². The zero-order valence-corrected chi connectivity index (χ0v) is 9.78. The van der Waals surface area contributed by atoms with E-state index < -0.39 is 0 Å². The lowest BCUT2D eigenvalue weighted by molar-refractivity contribution is 0.00639. The summed E-state index contributed by atoms with van der Waals surface area (Å²) in [6.45, 7) is 2.16. The summed E-state index contributed by atoms with van der Waals surface area (Å²) in [6.07, 6.45) is 6.42. The van der Waals surface area contributed by atoms with Crippen LogP contribution in [0.5, 0.6) is 0 Å². The van der Waals surface area contributed by atoms with Crippen LogP contribution in [-0.2, 0) is 4.74 Å². The zero-order valence-electron chi connectivity index (χ0n) is 9.78. The maximum absolute atomic E-state index is 6.22. The minimum absolute atomic E-state index is 0.356. The number of rotatable bonds is 2. The molecule has 0 heterocycles. The fraction of sp³-hybridized carbons (Fsp3) is 0.600. The van der Waals surface area contributed by atoms with Gasteiger partial charge in [-0.1, -0.05) is 23.8 Å². The van der Waals surface area contributed by atoms with Gasteiger partial charge in [0.05, 0.1) is 6.10 Å². The summed E-state index contributed by atoms with van der Waals surface area (Å²) in [5.41, 5.74) is 4.23. The molecule has 2 unspecified atom stereocenters. The van der Waals surface area contributed by atoms with Gasteiger partial charge in [0, 0.05) is 0 Å². The fourth-order valence-electron chi connectivity index (χ4n) is 3.36. The van der Waals surface area contributed by atoms with Crippen molar-refractivity contribution in [3.05, 3.63) is 34.9 Å². The van der Waals surface area contributed by atoms with Crippen LogP contribution in [0.4, 0.5) is 0 Å². The summed E-state index contributed by atoms with van der Waals surface area (Å²) in [5, 5.41) is 0. The quantitative estimate of drug-likeness (QED) is 0.731. The molecule has 0 bridgehead atoms. The van der Waals surface area contributed by atoms with Crippen molar-refractivity contribution in [2.24, 2.45) is 11.8 Å². The molecule has 0 spiro atoms. The number of fused-ring (bicyclic) bond motifs is 2. The monoisotopic (exact) mass is 214 g/mol. The van der Waals surface area contributed by atoms with Gasteiger partial charge in [-0.15, -0.1) is 0 Å². The first-order valence-corrected chi connectivity index (χ1v) is 6.57. The molecule has 0 aromatic heterocycles. The second kappa shape index (κ2) is 3.10. The topological polar surface area (TPSA) is 9.23 Å². The lowest BCUT2D eigenvalue weighted by Crippen LogP contribution is -2.17. The van der Waals surface area contributed by atoms with Gasteiger partial charge in [0.2, 0.25) is 0 Å². The molecule has 2 saturated carbocycles. The molecule has 0 saturated heterocycles. The first-order valence-electron chi connectivity index (χ1n) is 6.57. The third kappa shape index (κ3) is 1.41. The van der Waals surface area contributed by atoms with Crippen LogP contribution in [0.25, 0.3) is 0 Å². The van der Waals surface area contributed by atoms with Crippen molar-refractivity contribution in [1.29, 1.82) is 0 Å². The van der Waals surface area contributed by atoms with E-state index in [1.54, 1.807) is 0 Å².